The minimum absolute atomic E-state index is 0.237. The monoisotopic (exact) mass is 370 g/mol. The predicted octanol–water partition coefficient (Wildman–Crippen LogP) is 1.08. The second-order valence-electron chi connectivity index (χ2n) is 5.48. The Kier molecular flexibility index (Phi) is 4.99. The number of anilines is 1. The van der Waals surface area contributed by atoms with Gasteiger partial charge in [-0.15, -0.1) is 11.3 Å². The van der Waals surface area contributed by atoms with Crippen molar-refractivity contribution in [2.45, 2.75) is 6.10 Å². The zero-order valence-electron chi connectivity index (χ0n) is 13.1. The SMILES string of the molecule is CS(=O)(=O)N1CCO[C@@H](CNC(=O)Nc2ccc3ncsc3c2)C1. The summed E-state index contributed by atoms with van der Waals surface area (Å²) in [6, 6.07) is 5.12. The van der Waals surface area contributed by atoms with E-state index in [2.05, 4.69) is 15.6 Å². The number of aromatic nitrogens is 1. The molecule has 8 nitrogen and oxygen atoms in total. The molecule has 0 aliphatic carbocycles. The molecular formula is C14H18N4O4S2. The van der Waals surface area contributed by atoms with Gasteiger partial charge in [0.15, 0.2) is 0 Å². The second kappa shape index (κ2) is 7.01. The number of nitrogens with one attached hydrogen (secondary N) is 2. The van der Waals surface area contributed by atoms with Crippen molar-refractivity contribution in [3.05, 3.63) is 23.7 Å². The van der Waals surface area contributed by atoms with Crippen LogP contribution in [-0.2, 0) is 14.8 Å². The first-order valence-corrected chi connectivity index (χ1v) is 10.1. The summed E-state index contributed by atoms with van der Waals surface area (Å²) in [5.41, 5.74) is 3.32. The van der Waals surface area contributed by atoms with Crippen LogP contribution in [0, 0.1) is 0 Å². The fraction of sp³-hybridized carbons (Fsp3) is 0.429. The quantitative estimate of drug-likeness (QED) is 0.839. The summed E-state index contributed by atoms with van der Waals surface area (Å²) in [7, 11) is -3.24. The third-order valence-corrected chi connectivity index (χ3v) is 5.71. The number of urea groups is 1. The van der Waals surface area contributed by atoms with Crippen LogP contribution in [0.25, 0.3) is 10.2 Å². The van der Waals surface area contributed by atoms with E-state index in [1.165, 1.54) is 21.9 Å². The van der Waals surface area contributed by atoms with Gasteiger partial charge in [0.2, 0.25) is 10.0 Å². The molecule has 1 saturated heterocycles. The topological polar surface area (TPSA) is 101 Å². The Morgan fingerprint density at radius 1 is 1.50 bits per heavy atom. The lowest BCUT2D eigenvalue weighted by molar-refractivity contribution is 0.00167. The van der Waals surface area contributed by atoms with E-state index < -0.39 is 10.0 Å². The number of ether oxygens (including phenoxy) is 1. The minimum atomic E-state index is -3.24. The largest absolute Gasteiger partial charge is 0.374 e. The second-order valence-corrected chi connectivity index (χ2v) is 8.35. The predicted molar refractivity (Wildman–Crippen MR) is 92.8 cm³/mol. The van der Waals surface area contributed by atoms with E-state index in [1.54, 1.807) is 11.6 Å². The van der Waals surface area contributed by atoms with Gasteiger partial charge in [0.05, 0.1) is 34.7 Å². The van der Waals surface area contributed by atoms with Gasteiger partial charge in [-0.3, -0.25) is 0 Å². The number of sulfonamides is 1. The van der Waals surface area contributed by atoms with Crippen LogP contribution in [0.3, 0.4) is 0 Å². The molecule has 2 aromatic rings. The number of carbonyl (C=O) groups excluding carboxylic acids is 1. The molecule has 2 N–H and O–H groups in total. The van der Waals surface area contributed by atoms with Gasteiger partial charge in [-0.25, -0.2) is 18.2 Å². The molecule has 24 heavy (non-hydrogen) atoms. The van der Waals surface area contributed by atoms with Crippen molar-refractivity contribution in [2.75, 3.05) is 37.8 Å². The van der Waals surface area contributed by atoms with Gasteiger partial charge in [0, 0.05) is 25.3 Å². The maximum atomic E-state index is 12.0. The molecule has 0 bridgehead atoms. The Morgan fingerprint density at radius 3 is 3.12 bits per heavy atom. The Hall–Kier alpha value is -1.75. The summed E-state index contributed by atoms with van der Waals surface area (Å²) < 4.78 is 31.0. The van der Waals surface area contributed by atoms with Crippen LogP contribution in [-0.4, -0.2) is 62.3 Å². The zero-order chi connectivity index (χ0) is 17.2. The fourth-order valence-corrected chi connectivity index (χ4v) is 3.99. The van der Waals surface area contributed by atoms with Gasteiger partial charge in [-0.2, -0.15) is 4.31 Å². The van der Waals surface area contributed by atoms with Crippen molar-refractivity contribution < 1.29 is 17.9 Å². The number of thiazole rings is 1. The highest BCUT2D eigenvalue weighted by molar-refractivity contribution is 7.88. The number of amides is 2. The van der Waals surface area contributed by atoms with Crippen molar-refractivity contribution >= 4 is 43.3 Å². The van der Waals surface area contributed by atoms with Crippen molar-refractivity contribution in [1.82, 2.24) is 14.6 Å². The van der Waals surface area contributed by atoms with E-state index in [0.717, 1.165) is 10.2 Å². The third kappa shape index (κ3) is 4.20. The third-order valence-electron chi connectivity index (χ3n) is 3.65. The van der Waals surface area contributed by atoms with Gasteiger partial charge in [0.25, 0.3) is 0 Å². The molecule has 0 saturated carbocycles. The molecule has 0 unspecified atom stereocenters. The molecule has 0 spiro atoms. The first-order chi connectivity index (χ1) is 11.4. The van der Waals surface area contributed by atoms with Crippen LogP contribution in [0.4, 0.5) is 10.5 Å². The summed E-state index contributed by atoms with van der Waals surface area (Å²) in [4.78, 5) is 16.2. The summed E-state index contributed by atoms with van der Waals surface area (Å²) in [5, 5.41) is 5.45. The lowest BCUT2D eigenvalue weighted by Gasteiger charge is -2.31. The van der Waals surface area contributed by atoms with Crippen molar-refractivity contribution in [3.63, 3.8) is 0 Å². The maximum absolute atomic E-state index is 12.0. The number of morpholine rings is 1. The Bertz CT molecular complexity index is 836. The van der Waals surface area contributed by atoms with E-state index in [9.17, 15) is 13.2 Å². The van der Waals surface area contributed by atoms with Crippen LogP contribution >= 0.6 is 11.3 Å². The summed E-state index contributed by atoms with van der Waals surface area (Å²) in [5.74, 6) is 0. The van der Waals surface area contributed by atoms with Crippen molar-refractivity contribution in [3.8, 4) is 0 Å². The van der Waals surface area contributed by atoms with Crippen molar-refractivity contribution in [2.24, 2.45) is 0 Å². The average Bonchev–Trinajstić information content (AvgIpc) is 3.00. The van der Waals surface area contributed by atoms with Gasteiger partial charge >= 0.3 is 6.03 Å². The average molecular weight is 370 g/mol. The molecule has 130 valence electrons. The zero-order valence-corrected chi connectivity index (χ0v) is 14.7. The lowest BCUT2D eigenvalue weighted by atomic mass is 10.3. The Morgan fingerprint density at radius 2 is 2.33 bits per heavy atom. The normalized spacial score (nSPS) is 19.3. The molecule has 2 heterocycles. The van der Waals surface area contributed by atoms with Crippen LogP contribution in [0.5, 0.6) is 0 Å². The highest BCUT2D eigenvalue weighted by Crippen LogP contribution is 2.21. The van der Waals surface area contributed by atoms with E-state index in [1.807, 2.05) is 12.1 Å². The number of hydrogen-bond acceptors (Lipinski definition) is 6. The van der Waals surface area contributed by atoms with E-state index in [4.69, 9.17) is 4.74 Å². The summed E-state index contributed by atoms with van der Waals surface area (Å²) in [6.07, 6.45) is 0.814. The maximum Gasteiger partial charge on any atom is 0.319 e. The number of benzene rings is 1. The van der Waals surface area contributed by atoms with Crippen LogP contribution < -0.4 is 10.6 Å². The standard InChI is InChI=1S/C14H18N4O4S2/c1-24(20,21)18-4-5-22-11(8-18)7-15-14(19)17-10-2-3-12-13(6-10)23-9-16-12/h2-3,6,9,11H,4-5,7-8H2,1H3,(H2,15,17,19)/t11-/m0/s1. The number of nitrogens with zero attached hydrogens (tertiary/aromatic N) is 2. The van der Waals surface area contributed by atoms with Gasteiger partial charge in [-0.1, -0.05) is 0 Å². The minimum Gasteiger partial charge on any atom is -0.374 e. The number of carbonyl (C=O) groups is 1. The molecule has 2 amide bonds. The Labute approximate surface area is 143 Å². The van der Waals surface area contributed by atoms with E-state index in [0.29, 0.717) is 18.8 Å². The van der Waals surface area contributed by atoms with Crippen LogP contribution in [0.15, 0.2) is 23.7 Å². The summed E-state index contributed by atoms with van der Waals surface area (Å²) in [6.45, 7) is 1.14. The molecule has 1 aromatic carbocycles. The molecule has 3 rings (SSSR count). The lowest BCUT2D eigenvalue weighted by Crippen LogP contribution is -2.49. The van der Waals surface area contributed by atoms with E-state index >= 15 is 0 Å². The fourth-order valence-electron chi connectivity index (χ4n) is 2.43. The molecular weight excluding hydrogens is 352 g/mol. The first-order valence-electron chi connectivity index (χ1n) is 7.36. The van der Waals surface area contributed by atoms with Gasteiger partial charge < -0.3 is 15.4 Å². The molecule has 1 atom stereocenters. The van der Waals surface area contributed by atoms with Crippen LogP contribution in [0.1, 0.15) is 0 Å². The Balaban J connectivity index is 1.51. The summed E-state index contributed by atoms with van der Waals surface area (Å²) >= 11 is 1.50. The number of hydrogen-bond donors (Lipinski definition) is 2. The smallest absolute Gasteiger partial charge is 0.319 e. The van der Waals surface area contributed by atoms with Gasteiger partial charge in [0.1, 0.15) is 0 Å². The van der Waals surface area contributed by atoms with Gasteiger partial charge in [-0.05, 0) is 18.2 Å². The van der Waals surface area contributed by atoms with Crippen molar-refractivity contribution in [1.29, 1.82) is 0 Å². The molecule has 1 aliphatic heterocycles. The molecule has 10 heteroatoms. The molecule has 0 radical (unpaired) electrons. The van der Waals surface area contributed by atoms with Crippen LogP contribution in [0.2, 0.25) is 0 Å². The number of fused-ring (bicyclic) bond motifs is 1. The molecule has 1 fully saturated rings. The highest BCUT2D eigenvalue weighted by Gasteiger charge is 2.26. The molecule has 1 aliphatic rings. The number of rotatable bonds is 4. The first kappa shape index (κ1) is 17.1. The van der Waals surface area contributed by atoms with E-state index in [-0.39, 0.29) is 25.2 Å². The molecule has 1 aromatic heterocycles. The highest BCUT2D eigenvalue weighted by atomic mass is 32.2.